The first-order valence-electron chi connectivity index (χ1n) is 10.3. The van der Waals surface area contributed by atoms with Crippen molar-refractivity contribution < 1.29 is 9.72 Å². The molecule has 32 heavy (non-hydrogen) atoms. The Hall–Kier alpha value is -3.52. The van der Waals surface area contributed by atoms with Gasteiger partial charge in [-0.05, 0) is 49.6 Å². The first-order chi connectivity index (χ1) is 15.4. The lowest BCUT2D eigenvalue weighted by Crippen LogP contribution is -2.41. The van der Waals surface area contributed by atoms with Crippen molar-refractivity contribution in [2.24, 2.45) is 5.92 Å². The smallest absolute Gasteiger partial charge is 0.271 e. The van der Waals surface area contributed by atoms with Crippen LogP contribution in [-0.2, 0) is 4.79 Å². The van der Waals surface area contributed by atoms with Crippen molar-refractivity contribution in [3.8, 4) is 11.3 Å². The second-order valence-corrected chi connectivity index (χ2v) is 8.25. The number of aryl methyl sites for hydroxylation is 1. The Morgan fingerprint density at radius 3 is 2.62 bits per heavy atom. The number of aromatic nitrogens is 2. The van der Waals surface area contributed by atoms with Crippen LogP contribution in [0.2, 0.25) is 5.02 Å². The van der Waals surface area contributed by atoms with Gasteiger partial charge in [-0.25, -0.2) is 0 Å². The average molecular weight is 452 g/mol. The summed E-state index contributed by atoms with van der Waals surface area (Å²) in [6.45, 7) is 3.10. The molecule has 1 N–H and O–H groups in total. The van der Waals surface area contributed by atoms with Gasteiger partial charge < -0.3 is 10.2 Å². The maximum atomic E-state index is 12.9. The molecule has 9 heteroatoms. The zero-order chi connectivity index (χ0) is 22.7. The lowest BCUT2D eigenvalue weighted by molar-refractivity contribution is -0.384. The molecular weight excluding hydrogens is 430 g/mol. The van der Waals surface area contributed by atoms with E-state index in [1.165, 1.54) is 12.1 Å². The first-order valence-corrected chi connectivity index (χ1v) is 10.7. The molecule has 164 valence electrons. The van der Waals surface area contributed by atoms with Crippen molar-refractivity contribution in [2.45, 2.75) is 19.8 Å². The molecule has 4 rings (SSSR count). The minimum Gasteiger partial charge on any atom is -0.354 e. The Morgan fingerprint density at radius 1 is 1.16 bits per heavy atom. The fourth-order valence-corrected chi connectivity index (χ4v) is 3.89. The maximum absolute atomic E-state index is 12.9. The molecule has 1 amide bonds. The third kappa shape index (κ3) is 4.86. The highest BCUT2D eigenvalue weighted by atomic mass is 35.5. The highest BCUT2D eigenvalue weighted by Crippen LogP contribution is 2.27. The van der Waals surface area contributed by atoms with Crippen LogP contribution in [-0.4, -0.2) is 34.1 Å². The predicted molar refractivity (Wildman–Crippen MR) is 124 cm³/mol. The second kappa shape index (κ2) is 9.32. The fraction of sp³-hybridized carbons (Fsp3) is 0.261. The van der Waals surface area contributed by atoms with E-state index >= 15 is 0 Å². The molecule has 1 atom stereocenters. The van der Waals surface area contributed by atoms with Gasteiger partial charge >= 0.3 is 0 Å². The molecule has 3 aromatic rings. The molecule has 1 aliphatic heterocycles. The van der Waals surface area contributed by atoms with Gasteiger partial charge in [0.15, 0.2) is 5.82 Å². The number of non-ortho nitro benzene ring substituents is 1. The highest BCUT2D eigenvalue weighted by molar-refractivity contribution is 6.30. The van der Waals surface area contributed by atoms with Crippen LogP contribution >= 0.6 is 11.6 Å². The molecule has 1 saturated heterocycles. The summed E-state index contributed by atoms with van der Waals surface area (Å²) in [5.74, 6) is 0.316. The molecule has 0 radical (unpaired) electrons. The summed E-state index contributed by atoms with van der Waals surface area (Å²) in [6.07, 6.45) is 1.58. The van der Waals surface area contributed by atoms with Crippen LogP contribution < -0.4 is 10.2 Å². The SMILES string of the molecule is Cc1ccc([N+](=O)[O-])cc1NC(=O)C1CCCN(c2ccc(-c3ccc(Cl)cc3)nn2)C1. The molecule has 1 unspecified atom stereocenters. The Balaban J connectivity index is 1.44. The van der Waals surface area contributed by atoms with Crippen LogP contribution in [0.3, 0.4) is 0 Å². The number of halogens is 1. The quantitative estimate of drug-likeness (QED) is 0.438. The molecule has 1 aliphatic rings. The summed E-state index contributed by atoms with van der Waals surface area (Å²) in [5.41, 5.74) is 2.87. The van der Waals surface area contributed by atoms with Crippen molar-refractivity contribution in [3.63, 3.8) is 0 Å². The topological polar surface area (TPSA) is 101 Å². The van der Waals surface area contributed by atoms with E-state index in [0.29, 0.717) is 23.1 Å². The fourth-order valence-electron chi connectivity index (χ4n) is 3.76. The number of carbonyl (C=O) groups excluding carboxylic acids is 1. The zero-order valence-corrected chi connectivity index (χ0v) is 18.2. The van der Waals surface area contributed by atoms with Crippen molar-refractivity contribution >= 4 is 34.7 Å². The molecule has 2 aromatic carbocycles. The molecule has 1 fully saturated rings. The molecule has 0 saturated carbocycles. The zero-order valence-electron chi connectivity index (χ0n) is 17.5. The number of anilines is 2. The van der Waals surface area contributed by atoms with Gasteiger partial charge in [-0.15, -0.1) is 10.2 Å². The maximum Gasteiger partial charge on any atom is 0.271 e. The van der Waals surface area contributed by atoms with Crippen molar-refractivity contribution in [2.75, 3.05) is 23.3 Å². The highest BCUT2D eigenvalue weighted by Gasteiger charge is 2.27. The normalized spacial score (nSPS) is 15.9. The Kier molecular flexibility index (Phi) is 6.32. The number of piperidine rings is 1. The largest absolute Gasteiger partial charge is 0.354 e. The monoisotopic (exact) mass is 451 g/mol. The molecular formula is C23H22ClN5O3. The minimum absolute atomic E-state index is 0.0489. The van der Waals surface area contributed by atoms with Gasteiger partial charge in [0.2, 0.25) is 5.91 Å². The molecule has 0 aliphatic carbocycles. The standard InChI is InChI=1S/C23H22ClN5O3/c1-15-4-9-19(29(31)32)13-21(15)25-23(30)17-3-2-12-28(14-17)22-11-10-20(26-27-22)16-5-7-18(24)8-6-16/h4-11,13,17H,2-3,12,14H2,1H3,(H,25,30). The van der Waals surface area contributed by atoms with E-state index in [0.717, 1.165) is 36.2 Å². The summed E-state index contributed by atoms with van der Waals surface area (Å²) in [5, 5.41) is 23.3. The Morgan fingerprint density at radius 2 is 1.94 bits per heavy atom. The van der Waals surface area contributed by atoms with E-state index < -0.39 is 4.92 Å². The van der Waals surface area contributed by atoms with Gasteiger partial charge in [-0.1, -0.05) is 29.8 Å². The third-order valence-electron chi connectivity index (χ3n) is 5.60. The summed E-state index contributed by atoms with van der Waals surface area (Å²) < 4.78 is 0. The molecule has 0 bridgehead atoms. The van der Waals surface area contributed by atoms with E-state index in [1.807, 2.05) is 48.2 Å². The minimum atomic E-state index is -0.468. The second-order valence-electron chi connectivity index (χ2n) is 7.81. The average Bonchev–Trinajstić information content (AvgIpc) is 2.81. The van der Waals surface area contributed by atoms with Crippen LogP contribution in [0.1, 0.15) is 18.4 Å². The first kappa shape index (κ1) is 21.7. The predicted octanol–water partition coefficient (Wildman–Crippen LogP) is 4.87. The van der Waals surface area contributed by atoms with E-state index in [9.17, 15) is 14.9 Å². The summed E-state index contributed by atoms with van der Waals surface area (Å²) in [6, 6.07) is 15.7. The van der Waals surface area contributed by atoms with Gasteiger partial charge in [0.05, 0.1) is 22.2 Å². The summed E-state index contributed by atoms with van der Waals surface area (Å²) >= 11 is 5.94. The van der Waals surface area contributed by atoms with E-state index in [2.05, 4.69) is 15.5 Å². The Bertz CT molecular complexity index is 1140. The van der Waals surface area contributed by atoms with Gasteiger partial charge in [0.25, 0.3) is 5.69 Å². The van der Waals surface area contributed by atoms with E-state index in [-0.39, 0.29) is 17.5 Å². The number of hydrogen-bond acceptors (Lipinski definition) is 6. The molecule has 1 aromatic heterocycles. The lowest BCUT2D eigenvalue weighted by Gasteiger charge is -2.32. The number of benzene rings is 2. The van der Waals surface area contributed by atoms with Crippen LogP contribution in [0.5, 0.6) is 0 Å². The number of hydrogen-bond donors (Lipinski definition) is 1. The van der Waals surface area contributed by atoms with Crippen LogP contribution in [0.4, 0.5) is 17.2 Å². The van der Waals surface area contributed by atoms with Gasteiger partial charge in [-0.2, -0.15) is 0 Å². The number of nitro benzene ring substituents is 1. The van der Waals surface area contributed by atoms with Crippen LogP contribution in [0, 0.1) is 23.0 Å². The molecule has 8 nitrogen and oxygen atoms in total. The summed E-state index contributed by atoms with van der Waals surface area (Å²) in [7, 11) is 0. The van der Waals surface area contributed by atoms with E-state index in [4.69, 9.17) is 11.6 Å². The third-order valence-corrected chi connectivity index (χ3v) is 5.85. The van der Waals surface area contributed by atoms with E-state index in [1.54, 1.807) is 6.07 Å². The Labute approximate surface area is 190 Å². The number of rotatable bonds is 5. The molecule has 2 heterocycles. The number of nitro groups is 1. The van der Waals surface area contributed by atoms with Gasteiger partial charge in [-0.3, -0.25) is 14.9 Å². The van der Waals surface area contributed by atoms with Gasteiger partial charge in [0, 0.05) is 35.8 Å². The van der Waals surface area contributed by atoms with Crippen molar-refractivity contribution in [1.29, 1.82) is 0 Å². The van der Waals surface area contributed by atoms with Crippen LogP contribution in [0.25, 0.3) is 11.3 Å². The van der Waals surface area contributed by atoms with Crippen LogP contribution in [0.15, 0.2) is 54.6 Å². The van der Waals surface area contributed by atoms with Crippen molar-refractivity contribution in [1.82, 2.24) is 10.2 Å². The van der Waals surface area contributed by atoms with Crippen molar-refractivity contribution in [3.05, 3.63) is 75.3 Å². The summed E-state index contributed by atoms with van der Waals surface area (Å²) in [4.78, 5) is 25.5. The van der Waals surface area contributed by atoms with Gasteiger partial charge in [0.1, 0.15) is 0 Å². The number of nitrogens with zero attached hydrogens (tertiary/aromatic N) is 4. The molecule has 0 spiro atoms. The number of carbonyl (C=O) groups is 1. The number of amides is 1. The lowest BCUT2D eigenvalue weighted by atomic mass is 9.96. The number of nitrogens with one attached hydrogen (secondary N) is 1.